The molecule has 18 heavy (non-hydrogen) atoms. The molecule has 0 fully saturated rings. The number of carbonyl (C=O) groups excluding carboxylic acids is 1. The number of rotatable bonds is 2. The van der Waals surface area contributed by atoms with E-state index in [9.17, 15) is 9.18 Å². The highest BCUT2D eigenvalue weighted by Gasteiger charge is 2.08. The lowest BCUT2D eigenvalue weighted by atomic mass is 10.2. The highest BCUT2D eigenvalue weighted by atomic mass is 79.9. The van der Waals surface area contributed by atoms with E-state index in [2.05, 4.69) is 37.2 Å². The van der Waals surface area contributed by atoms with Crippen molar-refractivity contribution in [3.05, 3.63) is 62.8 Å². The predicted molar refractivity (Wildman–Crippen MR) is 76.2 cm³/mol. The molecule has 1 amide bonds. The van der Waals surface area contributed by atoms with Crippen LogP contribution in [-0.4, -0.2) is 5.91 Å². The molecule has 5 heteroatoms. The molecule has 0 saturated heterocycles. The Balaban J connectivity index is 2.16. The second-order valence-electron chi connectivity index (χ2n) is 3.59. The molecule has 0 spiro atoms. The van der Waals surface area contributed by atoms with Gasteiger partial charge in [0.05, 0.1) is 4.47 Å². The molecular formula is C13H8Br2FNO. The average Bonchev–Trinajstić information content (AvgIpc) is 2.35. The van der Waals surface area contributed by atoms with Crippen LogP contribution in [0.5, 0.6) is 0 Å². The van der Waals surface area contributed by atoms with Crippen LogP contribution in [0.25, 0.3) is 0 Å². The van der Waals surface area contributed by atoms with Crippen LogP contribution in [-0.2, 0) is 0 Å². The molecule has 0 radical (unpaired) electrons. The fraction of sp³-hybridized carbons (Fsp3) is 0. The molecule has 0 heterocycles. The van der Waals surface area contributed by atoms with Crippen molar-refractivity contribution in [1.82, 2.24) is 0 Å². The summed E-state index contributed by atoms with van der Waals surface area (Å²) in [6.07, 6.45) is 0. The molecule has 2 aromatic carbocycles. The first kappa shape index (κ1) is 13.2. The largest absolute Gasteiger partial charge is 0.322 e. The van der Waals surface area contributed by atoms with E-state index in [4.69, 9.17) is 0 Å². The quantitative estimate of drug-likeness (QED) is 0.819. The fourth-order valence-electron chi connectivity index (χ4n) is 1.37. The summed E-state index contributed by atoms with van der Waals surface area (Å²) in [4.78, 5) is 11.9. The third kappa shape index (κ3) is 3.17. The molecule has 0 aliphatic carbocycles. The van der Waals surface area contributed by atoms with Gasteiger partial charge in [-0.25, -0.2) is 4.39 Å². The molecule has 2 nitrogen and oxygen atoms in total. The topological polar surface area (TPSA) is 29.1 Å². The average molecular weight is 373 g/mol. The number of carbonyl (C=O) groups is 1. The summed E-state index contributed by atoms with van der Waals surface area (Å²) in [7, 11) is 0. The zero-order valence-electron chi connectivity index (χ0n) is 9.08. The molecule has 0 aromatic heterocycles. The smallest absolute Gasteiger partial charge is 0.255 e. The van der Waals surface area contributed by atoms with Crippen molar-refractivity contribution in [2.75, 3.05) is 5.32 Å². The van der Waals surface area contributed by atoms with Crippen molar-refractivity contribution < 1.29 is 9.18 Å². The van der Waals surface area contributed by atoms with Crippen LogP contribution in [0.4, 0.5) is 10.1 Å². The van der Waals surface area contributed by atoms with Crippen LogP contribution >= 0.6 is 31.9 Å². The highest BCUT2D eigenvalue weighted by molar-refractivity contribution is 9.10. The first-order valence-corrected chi connectivity index (χ1v) is 6.67. The minimum Gasteiger partial charge on any atom is -0.322 e. The Morgan fingerprint density at radius 2 is 1.72 bits per heavy atom. The normalized spacial score (nSPS) is 10.2. The predicted octanol–water partition coefficient (Wildman–Crippen LogP) is 4.60. The minimum atomic E-state index is -0.393. The molecule has 0 aliphatic heterocycles. The van der Waals surface area contributed by atoms with Gasteiger partial charge in [-0.15, -0.1) is 0 Å². The van der Waals surface area contributed by atoms with Gasteiger partial charge >= 0.3 is 0 Å². The van der Waals surface area contributed by atoms with Gasteiger partial charge in [-0.2, -0.15) is 0 Å². The summed E-state index contributed by atoms with van der Waals surface area (Å²) in [5, 5.41) is 2.73. The number of anilines is 1. The standard InChI is InChI=1S/C13H8Br2FNO/c14-9-2-4-10(5-3-9)17-13(18)8-1-6-12(16)11(15)7-8/h1-7H,(H,17,18). The zero-order valence-corrected chi connectivity index (χ0v) is 12.3. The summed E-state index contributed by atoms with van der Waals surface area (Å²) in [6, 6.07) is 11.4. The Morgan fingerprint density at radius 3 is 2.33 bits per heavy atom. The number of benzene rings is 2. The van der Waals surface area contributed by atoms with E-state index in [1.807, 2.05) is 12.1 Å². The molecule has 1 N–H and O–H groups in total. The molecule has 0 saturated carbocycles. The Labute approximate surface area is 120 Å². The van der Waals surface area contributed by atoms with Crippen LogP contribution in [0.3, 0.4) is 0 Å². The van der Waals surface area contributed by atoms with Gasteiger partial charge in [-0.1, -0.05) is 15.9 Å². The van der Waals surface area contributed by atoms with Gasteiger partial charge in [0.1, 0.15) is 5.82 Å². The molecule has 0 unspecified atom stereocenters. The van der Waals surface area contributed by atoms with Gasteiger partial charge in [0.15, 0.2) is 0 Å². The molecule has 0 aliphatic rings. The second-order valence-corrected chi connectivity index (χ2v) is 5.36. The minimum absolute atomic E-state index is 0.269. The van der Waals surface area contributed by atoms with Gasteiger partial charge in [0.25, 0.3) is 5.91 Å². The summed E-state index contributed by atoms with van der Waals surface area (Å²) in [6.45, 7) is 0. The van der Waals surface area contributed by atoms with Crippen molar-refractivity contribution in [2.24, 2.45) is 0 Å². The number of hydrogen-bond donors (Lipinski definition) is 1. The van der Waals surface area contributed by atoms with Gasteiger partial charge in [0, 0.05) is 15.7 Å². The number of halogens is 3. The first-order valence-electron chi connectivity index (χ1n) is 5.08. The molecule has 0 atom stereocenters. The van der Waals surface area contributed by atoms with Crippen LogP contribution in [0, 0.1) is 5.82 Å². The van der Waals surface area contributed by atoms with E-state index in [1.54, 1.807) is 12.1 Å². The summed E-state index contributed by atoms with van der Waals surface area (Å²) >= 11 is 6.36. The Morgan fingerprint density at radius 1 is 1.06 bits per heavy atom. The monoisotopic (exact) mass is 371 g/mol. The van der Waals surface area contributed by atoms with Gasteiger partial charge < -0.3 is 5.32 Å². The molecule has 0 bridgehead atoms. The van der Waals surface area contributed by atoms with Crippen molar-refractivity contribution in [3.63, 3.8) is 0 Å². The van der Waals surface area contributed by atoms with E-state index in [0.29, 0.717) is 11.3 Å². The number of hydrogen-bond acceptors (Lipinski definition) is 1. The van der Waals surface area contributed by atoms with Gasteiger partial charge in [0.2, 0.25) is 0 Å². The van der Waals surface area contributed by atoms with Crippen molar-refractivity contribution >= 4 is 43.5 Å². The Kier molecular flexibility index (Phi) is 4.14. The van der Waals surface area contributed by atoms with E-state index >= 15 is 0 Å². The number of amides is 1. The Hall–Kier alpha value is -1.20. The van der Waals surface area contributed by atoms with Crippen LogP contribution in [0.1, 0.15) is 10.4 Å². The number of nitrogens with one attached hydrogen (secondary N) is 1. The highest BCUT2D eigenvalue weighted by Crippen LogP contribution is 2.19. The van der Waals surface area contributed by atoms with E-state index < -0.39 is 5.82 Å². The lowest BCUT2D eigenvalue weighted by molar-refractivity contribution is 0.102. The van der Waals surface area contributed by atoms with E-state index in [0.717, 1.165) is 4.47 Å². The molecular weight excluding hydrogens is 365 g/mol. The third-order valence-electron chi connectivity index (χ3n) is 2.28. The van der Waals surface area contributed by atoms with E-state index in [1.165, 1.54) is 18.2 Å². The maximum absolute atomic E-state index is 13.0. The Bertz CT molecular complexity index is 584. The molecule has 2 aromatic rings. The first-order chi connectivity index (χ1) is 8.56. The van der Waals surface area contributed by atoms with E-state index in [-0.39, 0.29) is 10.4 Å². The summed E-state index contributed by atoms with van der Waals surface area (Å²) < 4.78 is 14.3. The van der Waals surface area contributed by atoms with Crippen LogP contribution in [0.2, 0.25) is 0 Å². The van der Waals surface area contributed by atoms with Gasteiger partial charge in [-0.3, -0.25) is 4.79 Å². The second kappa shape index (κ2) is 5.63. The maximum Gasteiger partial charge on any atom is 0.255 e. The SMILES string of the molecule is O=C(Nc1ccc(Br)cc1)c1ccc(F)c(Br)c1. The van der Waals surface area contributed by atoms with Gasteiger partial charge in [-0.05, 0) is 58.4 Å². The third-order valence-corrected chi connectivity index (χ3v) is 3.42. The van der Waals surface area contributed by atoms with Crippen molar-refractivity contribution in [2.45, 2.75) is 0 Å². The summed E-state index contributed by atoms with van der Waals surface area (Å²) in [5.41, 5.74) is 1.08. The van der Waals surface area contributed by atoms with Crippen LogP contribution < -0.4 is 5.32 Å². The molecule has 2 rings (SSSR count). The zero-order chi connectivity index (χ0) is 13.1. The van der Waals surface area contributed by atoms with Crippen molar-refractivity contribution in [1.29, 1.82) is 0 Å². The van der Waals surface area contributed by atoms with Crippen LogP contribution in [0.15, 0.2) is 51.4 Å². The lowest BCUT2D eigenvalue weighted by Crippen LogP contribution is -2.11. The molecule has 92 valence electrons. The maximum atomic E-state index is 13.0. The summed E-state index contributed by atoms with van der Waals surface area (Å²) in [5.74, 6) is -0.673. The fourth-order valence-corrected chi connectivity index (χ4v) is 2.02. The lowest BCUT2D eigenvalue weighted by Gasteiger charge is -2.06. The van der Waals surface area contributed by atoms with Crippen molar-refractivity contribution in [3.8, 4) is 0 Å².